The number of carbonyl (C=O) groups is 1. The monoisotopic (exact) mass is 360 g/mol. The molecule has 5 heteroatoms. The SMILES string of the molecule is Cc1ccc(NC(=O)Cc2c[nH]c3ccc(F)cc23)c(Br)c1. The Bertz CT molecular complexity index is 857. The Morgan fingerprint density at radius 3 is 2.86 bits per heavy atom. The maximum absolute atomic E-state index is 13.3. The third-order valence-corrected chi connectivity index (χ3v) is 4.14. The Morgan fingerprint density at radius 2 is 2.09 bits per heavy atom. The van der Waals surface area contributed by atoms with Crippen LogP contribution < -0.4 is 5.32 Å². The first-order valence-electron chi connectivity index (χ1n) is 6.84. The minimum Gasteiger partial charge on any atom is -0.361 e. The number of nitrogens with one attached hydrogen (secondary N) is 2. The molecule has 0 fully saturated rings. The fraction of sp³-hybridized carbons (Fsp3) is 0.118. The molecule has 3 rings (SSSR count). The van der Waals surface area contributed by atoms with Gasteiger partial charge in [-0.05, 0) is 64.3 Å². The van der Waals surface area contributed by atoms with E-state index in [0.29, 0.717) is 0 Å². The molecule has 0 aliphatic heterocycles. The van der Waals surface area contributed by atoms with Crippen molar-refractivity contribution >= 4 is 38.4 Å². The lowest BCUT2D eigenvalue weighted by atomic mass is 10.1. The number of aromatic amines is 1. The largest absolute Gasteiger partial charge is 0.361 e. The maximum atomic E-state index is 13.3. The van der Waals surface area contributed by atoms with Gasteiger partial charge >= 0.3 is 0 Å². The van der Waals surface area contributed by atoms with Gasteiger partial charge in [0.2, 0.25) is 5.91 Å². The second-order valence-electron chi connectivity index (χ2n) is 5.21. The number of fused-ring (bicyclic) bond motifs is 1. The molecule has 0 radical (unpaired) electrons. The van der Waals surface area contributed by atoms with Crippen LogP contribution in [0.15, 0.2) is 47.1 Å². The number of carbonyl (C=O) groups excluding carboxylic acids is 1. The van der Waals surface area contributed by atoms with Gasteiger partial charge in [0, 0.05) is 21.6 Å². The molecule has 0 aliphatic rings. The molecule has 0 aliphatic carbocycles. The zero-order chi connectivity index (χ0) is 15.7. The van der Waals surface area contributed by atoms with Gasteiger partial charge < -0.3 is 10.3 Å². The van der Waals surface area contributed by atoms with Gasteiger partial charge in [-0.3, -0.25) is 4.79 Å². The molecule has 22 heavy (non-hydrogen) atoms. The van der Waals surface area contributed by atoms with Crippen molar-refractivity contribution in [3.8, 4) is 0 Å². The van der Waals surface area contributed by atoms with Crippen molar-refractivity contribution in [2.45, 2.75) is 13.3 Å². The summed E-state index contributed by atoms with van der Waals surface area (Å²) in [7, 11) is 0. The highest BCUT2D eigenvalue weighted by molar-refractivity contribution is 9.10. The molecule has 0 spiro atoms. The quantitative estimate of drug-likeness (QED) is 0.706. The highest BCUT2D eigenvalue weighted by atomic mass is 79.9. The first kappa shape index (κ1) is 14.8. The number of amides is 1. The molecule has 1 aromatic heterocycles. The van der Waals surface area contributed by atoms with Gasteiger partial charge in [0.15, 0.2) is 0 Å². The molecule has 0 unspecified atom stereocenters. The molecule has 0 saturated heterocycles. The van der Waals surface area contributed by atoms with E-state index in [0.717, 1.165) is 32.2 Å². The Hall–Kier alpha value is -2.14. The lowest BCUT2D eigenvalue weighted by Crippen LogP contribution is -2.14. The molecule has 1 heterocycles. The van der Waals surface area contributed by atoms with Crippen molar-refractivity contribution in [2.24, 2.45) is 0 Å². The maximum Gasteiger partial charge on any atom is 0.228 e. The first-order chi connectivity index (χ1) is 10.5. The lowest BCUT2D eigenvalue weighted by Gasteiger charge is -2.08. The van der Waals surface area contributed by atoms with E-state index in [1.54, 1.807) is 12.3 Å². The van der Waals surface area contributed by atoms with Gasteiger partial charge in [-0.15, -0.1) is 0 Å². The Labute approximate surface area is 135 Å². The van der Waals surface area contributed by atoms with E-state index in [1.165, 1.54) is 12.1 Å². The average Bonchev–Trinajstić information content (AvgIpc) is 2.84. The average molecular weight is 361 g/mol. The summed E-state index contributed by atoms with van der Waals surface area (Å²) in [6, 6.07) is 10.2. The fourth-order valence-electron chi connectivity index (χ4n) is 2.39. The zero-order valence-corrected chi connectivity index (χ0v) is 13.5. The molecule has 1 amide bonds. The molecule has 3 aromatic rings. The molecule has 0 bridgehead atoms. The fourth-order valence-corrected chi connectivity index (χ4v) is 2.98. The van der Waals surface area contributed by atoms with Crippen LogP contribution in [0.5, 0.6) is 0 Å². The Kier molecular flexibility index (Phi) is 3.98. The number of aryl methyl sites for hydroxylation is 1. The van der Waals surface area contributed by atoms with Crippen LogP contribution in [0.25, 0.3) is 10.9 Å². The number of rotatable bonds is 3. The van der Waals surface area contributed by atoms with Crippen LogP contribution in [0.1, 0.15) is 11.1 Å². The van der Waals surface area contributed by atoms with E-state index < -0.39 is 0 Å². The smallest absolute Gasteiger partial charge is 0.228 e. The topological polar surface area (TPSA) is 44.9 Å². The van der Waals surface area contributed by atoms with Crippen molar-refractivity contribution in [3.63, 3.8) is 0 Å². The number of hydrogen-bond donors (Lipinski definition) is 2. The third-order valence-electron chi connectivity index (χ3n) is 3.48. The molecule has 0 saturated carbocycles. The summed E-state index contributed by atoms with van der Waals surface area (Å²) in [5.41, 5.74) is 3.43. The predicted octanol–water partition coefficient (Wildman–Crippen LogP) is 4.56. The number of hydrogen-bond acceptors (Lipinski definition) is 1. The second-order valence-corrected chi connectivity index (χ2v) is 6.07. The van der Waals surface area contributed by atoms with Gasteiger partial charge in [0.1, 0.15) is 5.82 Å². The number of anilines is 1. The van der Waals surface area contributed by atoms with E-state index in [2.05, 4.69) is 26.2 Å². The van der Waals surface area contributed by atoms with Crippen LogP contribution in [0.4, 0.5) is 10.1 Å². The number of aromatic nitrogens is 1. The highest BCUT2D eigenvalue weighted by Gasteiger charge is 2.11. The summed E-state index contributed by atoms with van der Waals surface area (Å²) < 4.78 is 14.2. The molecule has 3 nitrogen and oxygen atoms in total. The van der Waals surface area contributed by atoms with Crippen LogP contribution >= 0.6 is 15.9 Å². The number of halogens is 2. The van der Waals surface area contributed by atoms with Crippen molar-refractivity contribution in [3.05, 3.63) is 64.0 Å². The summed E-state index contributed by atoms with van der Waals surface area (Å²) in [6.45, 7) is 1.98. The number of H-pyrrole nitrogens is 1. The molecular formula is C17H14BrFN2O. The van der Waals surface area contributed by atoms with Crippen LogP contribution in [-0.2, 0) is 11.2 Å². The lowest BCUT2D eigenvalue weighted by molar-refractivity contribution is -0.115. The first-order valence-corrected chi connectivity index (χ1v) is 7.64. The minimum atomic E-state index is -0.310. The van der Waals surface area contributed by atoms with Crippen molar-refractivity contribution in [2.75, 3.05) is 5.32 Å². The minimum absolute atomic E-state index is 0.144. The van der Waals surface area contributed by atoms with Crippen molar-refractivity contribution < 1.29 is 9.18 Å². The summed E-state index contributed by atoms with van der Waals surface area (Å²) in [6.07, 6.45) is 1.93. The summed E-state index contributed by atoms with van der Waals surface area (Å²) in [5, 5.41) is 3.60. The summed E-state index contributed by atoms with van der Waals surface area (Å²) in [4.78, 5) is 15.3. The van der Waals surface area contributed by atoms with Crippen LogP contribution in [0, 0.1) is 12.7 Å². The second kappa shape index (κ2) is 5.93. The van der Waals surface area contributed by atoms with Crippen LogP contribution in [0.2, 0.25) is 0 Å². The van der Waals surface area contributed by atoms with Crippen molar-refractivity contribution in [1.82, 2.24) is 4.98 Å². The van der Waals surface area contributed by atoms with Gasteiger partial charge in [0.05, 0.1) is 12.1 Å². The Morgan fingerprint density at radius 1 is 1.27 bits per heavy atom. The molecule has 2 N–H and O–H groups in total. The van der Waals surface area contributed by atoms with Gasteiger partial charge in [-0.1, -0.05) is 6.07 Å². The standard InChI is InChI=1S/C17H14BrFN2O/c1-10-2-4-16(14(18)6-10)21-17(22)7-11-9-20-15-5-3-12(19)8-13(11)15/h2-6,8-9,20H,7H2,1H3,(H,21,22). The van der Waals surface area contributed by atoms with Crippen molar-refractivity contribution in [1.29, 1.82) is 0 Å². The number of benzene rings is 2. The third kappa shape index (κ3) is 3.04. The van der Waals surface area contributed by atoms with Gasteiger partial charge in [-0.2, -0.15) is 0 Å². The van der Waals surface area contributed by atoms with E-state index in [9.17, 15) is 9.18 Å². The molecule has 0 atom stereocenters. The normalized spacial score (nSPS) is 10.9. The molecular weight excluding hydrogens is 347 g/mol. The molecule has 2 aromatic carbocycles. The summed E-state index contributed by atoms with van der Waals surface area (Å²) in [5.74, 6) is -0.454. The van der Waals surface area contributed by atoms with Crippen LogP contribution in [-0.4, -0.2) is 10.9 Å². The predicted molar refractivity (Wildman–Crippen MR) is 89.5 cm³/mol. The van der Waals surface area contributed by atoms with Gasteiger partial charge in [0.25, 0.3) is 0 Å². The zero-order valence-electron chi connectivity index (χ0n) is 11.9. The highest BCUT2D eigenvalue weighted by Crippen LogP contribution is 2.24. The molecule has 112 valence electrons. The van der Waals surface area contributed by atoms with E-state index in [1.807, 2.05) is 25.1 Å². The van der Waals surface area contributed by atoms with E-state index in [-0.39, 0.29) is 18.1 Å². The van der Waals surface area contributed by atoms with E-state index >= 15 is 0 Å². The summed E-state index contributed by atoms with van der Waals surface area (Å²) >= 11 is 3.43. The van der Waals surface area contributed by atoms with Gasteiger partial charge in [-0.25, -0.2) is 4.39 Å². The van der Waals surface area contributed by atoms with Crippen LogP contribution in [0.3, 0.4) is 0 Å². The van der Waals surface area contributed by atoms with E-state index in [4.69, 9.17) is 0 Å². The Balaban J connectivity index is 1.79.